The lowest BCUT2D eigenvalue weighted by Gasteiger charge is -2.29. The Labute approximate surface area is 78.6 Å². The van der Waals surface area contributed by atoms with Crippen LogP contribution in [0.1, 0.15) is 25.7 Å². The van der Waals surface area contributed by atoms with Crippen molar-refractivity contribution in [2.75, 3.05) is 0 Å². The Balaban J connectivity index is 1.88. The van der Waals surface area contributed by atoms with Gasteiger partial charge in [0.1, 0.15) is 0 Å². The van der Waals surface area contributed by atoms with Crippen molar-refractivity contribution in [1.82, 2.24) is 10.6 Å². The van der Waals surface area contributed by atoms with Gasteiger partial charge in [0.25, 0.3) is 0 Å². The number of nitrogens with one attached hydrogen (secondary N) is 2. The van der Waals surface area contributed by atoms with E-state index in [1.807, 2.05) is 0 Å². The second-order valence-electron chi connectivity index (χ2n) is 4.02. The van der Waals surface area contributed by atoms with Crippen molar-refractivity contribution in [1.29, 1.82) is 0 Å². The third kappa shape index (κ3) is 1.91. The summed E-state index contributed by atoms with van der Waals surface area (Å²) in [4.78, 5) is 11.1. The third-order valence-electron chi connectivity index (χ3n) is 3.00. The first-order valence-electron chi connectivity index (χ1n) is 4.97. The van der Waals surface area contributed by atoms with Crippen molar-refractivity contribution >= 4 is 5.91 Å². The van der Waals surface area contributed by atoms with Gasteiger partial charge in [-0.15, -0.1) is 0 Å². The minimum Gasteiger partial charge on any atom is -0.350 e. The number of rotatable bonds is 2. The highest BCUT2D eigenvalue weighted by Crippen LogP contribution is 2.26. The monoisotopic (exact) mass is 180 g/mol. The van der Waals surface area contributed by atoms with Crippen molar-refractivity contribution in [3.63, 3.8) is 0 Å². The van der Waals surface area contributed by atoms with E-state index in [1.165, 1.54) is 18.9 Å². The molecule has 0 radical (unpaired) electrons. The van der Waals surface area contributed by atoms with Gasteiger partial charge in [-0.25, -0.2) is 0 Å². The van der Waals surface area contributed by atoms with Crippen LogP contribution in [-0.2, 0) is 4.79 Å². The normalized spacial score (nSPS) is 37.1. The van der Waals surface area contributed by atoms with Gasteiger partial charge < -0.3 is 10.6 Å². The Kier molecular flexibility index (Phi) is 2.36. The van der Waals surface area contributed by atoms with E-state index in [9.17, 15) is 4.79 Å². The maximum Gasteiger partial charge on any atom is 0.243 e. The molecular formula is C10H16N2O. The van der Waals surface area contributed by atoms with E-state index in [-0.39, 0.29) is 5.91 Å². The lowest BCUT2D eigenvalue weighted by atomic mass is 10.00. The maximum atomic E-state index is 11.1. The summed E-state index contributed by atoms with van der Waals surface area (Å²) >= 11 is 0. The molecule has 0 aromatic rings. The molecule has 2 heterocycles. The minimum atomic E-state index is -0.0358. The smallest absolute Gasteiger partial charge is 0.243 e. The number of hydrogen-bond donors (Lipinski definition) is 2. The first kappa shape index (κ1) is 8.75. The fraction of sp³-hybridized carbons (Fsp3) is 0.700. The van der Waals surface area contributed by atoms with E-state index in [2.05, 4.69) is 17.2 Å². The molecule has 0 spiro atoms. The molecule has 0 aliphatic carbocycles. The molecule has 3 heteroatoms. The Morgan fingerprint density at radius 2 is 2.00 bits per heavy atom. The standard InChI is InChI=1S/C10H16N2O/c1-2-10(13)12-9-5-7-3-4-8(6-9)11-7/h2,7-9,11H,1,3-6H2,(H,12,13). The summed E-state index contributed by atoms with van der Waals surface area (Å²) in [5.74, 6) is -0.0358. The fourth-order valence-corrected chi connectivity index (χ4v) is 2.44. The molecule has 2 unspecified atom stereocenters. The van der Waals surface area contributed by atoms with Gasteiger partial charge in [0.05, 0.1) is 0 Å². The Morgan fingerprint density at radius 1 is 1.38 bits per heavy atom. The Bertz CT molecular complexity index is 215. The minimum absolute atomic E-state index is 0.0358. The van der Waals surface area contributed by atoms with Crippen LogP contribution in [0.15, 0.2) is 12.7 Å². The molecule has 2 N–H and O–H groups in total. The highest BCUT2D eigenvalue weighted by atomic mass is 16.1. The summed E-state index contributed by atoms with van der Waals surface area (Å²) in [6.45, 7) is 3.45. The summed E-state index contributed by atoms with van der Waals surface area (Å²) in [5, 5.41) is 6.51. The predicted molar refractivity (Wildman–Crippen MR) is 51.3 cm³/mol. The second kappa shape index (κ2) is 3.50. The van der Waals surface area contributed by atoms with Crippen LogP contribution in [0.25, 0.3) is 0 Å². The third-order valence-corrected chi connectivity index (χ3v) is 3.00. The van der Waals surface area contributed by atoms with Crippen LogP contribution in [0.4, 0.5) is 0 Å². The number of hydrogen-bond acceptors (Lipinski definition) is 2. The van der Waals surface area contributed by atoms with Gasteiger partial charge in [0.15, 0.2) is 0 Å². The maximum absolute atomic E-state index is 11.1. The van der Waals surface area contributed by atoms with Crippen LogP contribution in [0, 0.1) is 0 Å². The zero-order valence-electron chi connectivity index (χ0n) is 7.75. The molecule has 13 heavy (non-hydrogen) atoms. The molecular weight excluding hydrogens is 164 g/mol. The molecule has 2 rings (SSSR count). The molecule has 1 amide bonds. The van der Waals surface area contributed by atoms with Gasteiger partial charge in [-0.05, 0) is 31.8 Å². The second-order valence-corrected chi connectivity index (χ2v) is 4.02. The molecule has 2 bridgehead atoms. The van der Waals surface area contributed by atoms with Crippen LogP contribution < -0.4 is 10.6 Å². The average molecular weight is 180 g/mol. The molecule has 2 atom stereocenters. The van der Waals surface area contributed by atoms with Crippen molar-refractivity contribution < 1.29 is 4.79 Å². The van der Waals surface area contributed by atoms with Gasteiger partial charge >= 0.3 is 0 Å². The zero-order chi connectivity index (χ0) is 9.26. The molecule has 72 valence electrons. The van der Waals surface area contributed by atoms with Gasteiger partial charge in [-0.3, -0.25) is 4.79 Å². The van der Waals surface area contributed by atoms with E-state index in [0.29, 0.717) is 18.1 Å². The summed E-state index contributed by atoms with van der Waals surface area (Å²) in [6.07, 6.45) is 6.05. The zero-order valence-corrected chi connectivity index (χ0v) is 7.75. The Morgan fingerprint density at radius 3 is 2.54 bits per heavy atom. The summed E-state index contributed by atoms with van der Waals surface area (Å²) < 4.78 is 0. The first-order chi connectivity index (χ1) is 6.28. The lowest BCUT2D eigenvalue weighted by Crippen LogP contribution is -2.47. The van der Waals surface area contributed by atoms with E-state index < -0.39 is 0 Å². The van der Waals surface area contributed by atoms with Crippen molar-refractivity contribution in [3.8, 4) is 0 Å². The Hall–Kier alpha value is -0.830. The highest BCUT2D eigenvalue weighted by molar-refractivity contribution is 5.87. The molecule has 0 saturated carbocycles. The number of amides is 1. The molecule has 2 fully saturated rings. The van der Waals surface area contributed by atoms with E-state index in [4.69, 9.17) is 0 Å². The van der Waals surface area contributed by atoms with E-state index in [0.717, 1.165) is 12.8 Å². The van der Waals surface area contributed by atoms with Crippen molar-refractivity contribution in [2.45, 2.75) is 43.8 Å². The molecule has 0 aromatic carbocycles. The van der Waals surface area contributed by atoms with Crippen LogP contribution in [0.3, 0.4) is 0 Å². The molecule has 0 aromatic heterocycles. The van der Waals surface area contributed by atoms with Crippen LogP contribution in [0.2, 0.25) is 0 Å². The quantitative estimate of drug-likeness (QED) is 0.610. The largest absolute Gasteiger partial charge is 0.350 e. The molecule has 2 aliphatic rings. The molecule has 2 aliphatic heterocycles. The van der Waals surface area contributed by atoms with Crippen LogP contribution in [-0.4, -0.2) is 24.0 Å². The number of fused-ring (bicyclic) bond motifs is 2. The highest BCUT2D eigenvalue weighted by Gasteiger charge is 2.33. The predicted octanol–water partition coefficient (Wildman–Crippen LogP) is 0.572. The molecule has 3 nitrogen and oxygen atoms in total. The summed E-state index contributed by atoms with van der Waals surface area (Å²) in [6, 6.07) is 1.63. The van der Waals surface area contributed by atoms with Crippen molar-refractivity contribution in [3.05, 3.63) is 12.7 Å². The van der Waals surface area contributed by atoms with Crippen LogP contribution >= 0.6 is 0 Å². The lowest BCUT2D eigenvalue weighted by molar-refractivity contribution is -0.117. The van der Waals surface area contributed by atoms with E-state index in [1.54, 1.807) is 0 Å². The fourth-order valence-electron chi connectivity index (χ4n) is 2.44. The number of carbonyl (C=O) groups excluding carboxylic acids is 1. The van der Waals surface area contributed by atoms with Gasteiger partial charge in [-0.2, -0.15) is 0 Å². The average Bonchev–Trinajstić information content (AvgIpc) is 2.46. The summed E-state index contributed by atoms with van der Waals surface area (Å²) in [5.41, 5.74) is 0. The molecule has 2 saturated heterocycles. The van der Waals surface area contributed by atoms with Gasteiger partial charge in [-0.1, -0.05) is 6.58 Å². The number of carbonyl (C=O) groups is 1. The van der Waals surface area contributed by atoms with Gasteiger partial charge in [0.2, 0.25) is 5.91 Å². The van der Waals surface area contributed by atoms with E-state index >= 15 is 0 Å². The van der Waals surface area contributed by atoms with Crippen molar-refractivity contribution in [2.24, 2.45) is 0 Å². The van der Waals surface area contributed by atoms with Gasteiger partial charge in [0, 0.05) is 18.1 Å². The summed E-state index contributed by atoms with van der Waals surface area (Å²) in [7, 11) is 0. The van der Waals surface area contributed by atoms with Crippen LogP contribution in [0.5, 0.6) is 0 Å². The SMILES string of the molecule is C=CC(=O)NC1CC2CCC(C1)N2. The topological polar surface area (TPSA) is 41.1 Å². The number of piperidine rings is 1. The first-order valence-corrected chi connectivity index (χ1v) is 4.97.